The smallest absolute Gasteiger partial charge is 0.0928 e. The number of hydrogen-bond donors (Lipinski definition) is 2. The van der Waals surface area contributed by atoms with Crippen LogP contribution in [0.2, 0.25) is 5.02 Å². The fourth-order valence-electron chi connectivity index (χ4n) is 1.01. The Morgan fingerprint density at radius 3 is 2.77 bits per heavy atom. The van der Waals surface area contributed by atoms with Gasteiger partial charge in [0.05, 0.1) is 6.10 Å². The molecule has 1 aromatic rings. The number of aryl methyl sites for hydroxylation is 1. The molecule has 0 bridgehead atoms. The van der Waals surface area contributed by atoms with Crippen molar-refractivity contribution in [2.24, 2.45) is 0 Å². The first-order chi connectivity index (χ1) is 6.15. The summed E-state index contributed by atoms with van der Waals surface area (Å²) in [6, 6.07) is 5.45. The molecule has 1 unspecified atom stereocenters. The molecular weight excluding hydrogens is 209 g/mol. The third kappa shape index (κ3) is 2.85. The summed E-state index contributed by atoms with van der Waals surface area (Å²) in [4.78, 5) is 2.38. The first kappa shape index (κ1) is 10.8. The maximum Gasteiger partial charge on any atom is 0.0928 e. The van der Waals surface area contributed by atoms with Crippen LogP contribution in [0.25, 0.3) is 0 Å². The Labute approximate surface area is 87.6 Å². The van der Waals surface area contributed by atoms with Crippen LogP contribution in [0.5, 0.6) is 0 Å². The van der Waals surface area contributed by atoms with Crippen LogP contribution in [0.3, 0.4) is 0 Å². The van der Waals surface area contributed by atoms with Gasteiger partial charge >= 0.3 is 0 Å². The molecule has 72 valence electrons. The van der Waals surface area contributed by atoms with E-state index in [1.54, 1.807) is 6.07 Å². The van der Waals surface area contributed by atoms with Gasteiger partial charge in [0, 0.05) is 11.6 Å². The monoisotopic (exact) mass is 219 g/mol. The van der Waals surface area contributed by atoms with Crippen molar-refractivity contribution in [2.75, 3.05) is 6.54 Å². The SMILES string of the molecule is Cc1ccc(C(O)CNCl)cc1Cl. The van der Waals surface area contributed by atoms with Crippen LogP contribution in [0.1, 0.15) is 17.2 Å². The molecule has 0 spiro atoms. The predicted molar refractivity (Wildman–Crippen MR) is 55.0 cm³/mol. The van der Waals surface area contributed by atoms with E-state index < -0.39 is 6.10 Å². The minimum absolute atomic E-state index is 0.306. The molecule has 4 heteroatoms. The lowest BCUT2D eigenvalue weighted by Crippen LogP contribution is -2.12. The molecule has 1 rings (SSSR count). The van der Waals surface area contributed by atoms with Crippen LogP contribution in [0.4, 0.5) is 0 Å². The molecule has 1 atom stereocenters. The van der Waals surface area contributed by atoms with Crippen molar-refractivity contribution < 1.29 is 5.11 Å². The van der Waals surface area contributed by atoms with Crippen LogP contribution in [0, 0.1) is 6.92 Å². The quantitative estimate of drug-likeness (QED) is 0.766. The second-order valence-electron chi connectivity index (χ2n) is 2.86. The second kappa shape index (κ2) is 4.82. The van der Waals surface area contributed by atoms with Gasteiger partial charge in [0.25, 0.3) is 0 Å². The number of aliphatic hydroxyl groups is 1. The van der Waals surface area contributed by atoms with E-state index in [-0.39, 0.29) is 0 Å². The number of aliphatic hydroxyl groups excluding tert-OH is 1. The van der Waals surface area contributed by atoms with Gasteiger partial charge in [-0.3, -0.25) is 0 Å². The van der Waals surface area contributed by atoms with Gasteiger partial charge in [-0.1, -0.05) is 23.7 Å². The number of halogens is 2. The van der Waals surface area contributed by atoms with Crippen LogP contribution >= 0.6 is 23.4 Å². The number of rotatable bonds is 3. The third-order valence-corrected chi connectivity index (χ3v) is 2.41. The van der Waals surface area contributed by atoms with Crippen molar-refractivity contribution in [1.82, 2.24) is 4.84 Å². The van der Waals surface area contributed by atoms with Gasteiger partial charge in [0.15, 0.2) is 0 Å². The summed E-state index contributed by atoms with van der Waals surface area (Å²) < 4.78 is 0. The predicted octanol–water partition coefficient (Wildman–Crippen LogP) is 2.43. The molecule has 0 aliphatic heterocycles. The van der Waals surface area contributed by atoms with Gasteiger partial charge in [-0.2, -0.15) is 0 Å². The summed E-state index contributed by atoms with van der Waals surface area (Å²) in [6.45, 7) is 2.22. The number of nitrogens with one attached hydrogen (secondary N) is 1. The van der Waals surface area contributed by atoms with Crippen molar-refractivity contribution in [3.8, 4) is 0 Å². The highest BCUT2D eigenvalue weighted by Gasteiger charge is 2.07. The summed E-state index contributed by atoms with van der Waals surface area (Å²) in [5.41, 5.74) is 1.76. The minimum atomic E-state index is -0.615. The van der Waals surface area contributed by atoms with Crippen molar-refractivity contribution in [3.63, 3.8) is 0 Å². The van der Waals surface area contributed by atoms with Gasteiger partial charge in [0.1, 0.15) is 0 Å². The topological polar surface area (TPSA) is 32.3 Å². The van der Waals surface area contributed by atoms with E-state index in [0.717, 1.165) is 11.1 Å². The van der Waals surface area contributed by atoms with Crippen molar-refractivity contribution in [2.45, 2.75) is 13.0 Å². The summed E-state index contributed by atoms with van der Waals surface area (Å²) >= 11 is 11.2. The van der Waals surface area contributed by atoms with Gasteiger partial charge < -0.3 is 5.11 Å². The normalized spacial score (nSPS) is 12.9. The summed E-state index contributed by atoms with van der Waals surface area (Å²) in [7, 11) is 0. The maximum atomic E-state index is 9.53. The Morgan fingerprint density at radius 1 is 1.54 bits per heavy atom. The number of benzene rings is 1. The lowest BCUT2D eigenvalue weighted by Gasteiger charge is -2.10. The largest absolute Gasteiger partial charge is 0.387 e. The van der Waals surface area contributed by atoms with Gasteiger partial charge in [-0.25, -0.2) is 4.84 Å². The lowest BCUT2D eigenvalue weighted by molar-refractivity contribution is 0.182. The zero-order chi connectivity index (χ0) is 9.84. The van der Waals surface area contributed by atoms with E-state index in [2.05, 4.69) is 4.84 Å². The van der Waals surface area contributed by atoms with E-state index in [9.17, 15) is 5.11 Å². The van der Waals surface area contributed by atoms with Crippen molar-refractivity contribution >= 4 is 23.4 Å². The maximum absolute atomic E-state index is 9.53. The first-order valence-electron chi connectivity index (χ1n) is 3.92. The molecule has 0 heterocycles. The molecule has 0 aliphatic carbocycles. The van der Waals surface area contributed by atoms with Gasteiger partial charge in [-0.05, 0) is 35.9 Å². The standard InChI is InChI=1S/C9H11Cl2NO/c1-6-2-3-7(4-8(6)10)9(13)5-12-11/h2-4,9,12-13H,5H2,1H3. The van der Waals surface area contributed by atoms with Crippen LogP contribution in [0.15, 0.2) is 18.2 Å². The summed E-state index contributed by atoms with van der Waals surface area (Å²) in [5, 5.41) is 10.2. The molecule has 1 aromatic carbocycles. The first-order valence-corrected chi connectivity index (χ1v) is 4.68. The van der Waals surface area contributed by atoms with Crippen molar-refractivity contribution in [1.29, 1.82) is 0 Å². The van der Waals surface area contributed by atoms with E-state index in [4.69, 9.17) is 23.4 Å². The van der Waals surface area contributed by atoms with Gasteiger partial charge in [-0.15, -0.1) is 0 Å². The molecule has 13 heavy (non-hydrogen) atoms. The molecule has 0 saturated carbocycles. The minimum Gasteiger partial charge on any atom is -0.387 e. The molecule has 0 aromatic heterocycles. The lowest BCUT2D eigenvalue weighted by atomic mass is 10.1. The molecule has 2 N–H and O–H groups in total. The average Bonchev–Trinajstić information content (AvgIpc) is 2.10. The third-order valence-electron chi connectivity index (χ3n) is 1.85. The highest BCUT2D eigenvalue weighted by atomic mass is 35.5. The van der Waals surface area contributed by atoms with E-state index in [0.29, 0.717) is 11.6 Å². The van der Waals surface area contributed by atoms with Gasteiger partial charge in [0.2, 0.25) is 0 Å². The van der Waals surface area contributed by atoms with E-state index in [1.807, 2.05) is 19.1 Å². The molecular formula is C9H11Cl2NO. The van der Waals surface area contributed by atoms with E-state index >= 15 is 0 Å². The molecule has 0 fully saturated rings. The van der Waals surface area contributed by atoms with Crippen molar-refractivity contribution in [3.05, 3.63) is 34.3 Å². The summed E-state index contributed by atoms with van der Waals surface area (Å²) in [6.07, 6.45) is -0.615. The Kier molecular flexibility index (Phi) is 4.00. The zero-order valence-corrected chi connectivity index (χ0v) is 8.73. The summed E-state index contributed by atoms with van der Waals surface area (Å²) in [5.74, 6) is 0. The molecule has 2 nitrogen and oxygen atoms in total. The Morgan fingerprint density at radius 2 is 2.23 bits per heavy atom. The van der Waals surface area contributed by atoms with Crippen LogP contribution in [-0.2, 0) is 0 Å². The Balaban J connectivity index is 2.84. The molecule has 0 saturated heterocycles. The van der Waals surface area contributed by atoms with E-state index in [1.165, 1.54) is 0 Å². The number of hydrogen-bond acceptors (Lipinski definition) is 2. The van der Waals surface area contributed by atoms with Crippen LogP contribution in [-0.4, -0.2) is 11.7 Å². The molecule has 0 aliphatic rings. The Hall–Kier alpha value is -0.280. The molecule has 0 amide bonds. The fourth-order valence-corrected chi connectivity index (χ4v) is 1.34. The molecule has 0 radical (unpaired) electrons. The second-order valence-corrected chi connectivity index (χ2v) is 3.54. The zero-order valence-electron chi connectivity index (χ0n) is 7.22. The average molecular weight is 220 g/mol. The fraction of sp³-hybridized carbons (Fsp3) is 0.333. The van der Waals surface area contributed by atoms with Crippen LogP contribution < -0.4 is 4.84 Å². The highest BCUT2D eigenvalue weighted by molar-refractivity contribution is 6.31. The highest BCUT2D eigenvalue weighted by Crippen LogP contribution is 2.20. The Bertz CT molecular complexity index is 291.